The number of benzene rings is 1. The summed E-state index contributed by atoms with van der Waals surface area (Å²) in [4.78, 5) is 24.9. The van der Waals surface area contributed by atoms with Gasteiger partial charge < -0.3 is 15.5 Å². The van der Waals surface area contributed by atoms with E-state index in [9.17, 15) is 19.8 Å². The summed E-state index contributed by atoms with van der Waals surface area (Å²) >= 11 is 1.73. The van der Waals surface area contributed by atoms with Crippen LogP contribution in [0.4, 0.5) is 0 Å². The van der Waals surface area contributed by atoms with Gasteiger partial charge in [-0.15, -0.1) is 11.8 Å². The molecule has 2 aromatic rings. The highest BCUT2D eigenvalue weighted by molar-refractivity contribution is 8.00. The average molecular weight is 496 g/mol. The molecular formula is C27H33N3O4S. The zero-order valence-electron chi connectivity index (χ0n) is 19.9. The van der Waals surface area contributed by atoms with Gasteiger partial charge in [0.1, 0.15) is 5.03 Å². The minimum absolute atomic E-state index is 0.0822. The maximum Gasteiger partial charge on any atom is 0.335 e. The number of thioether (sulfide) groups is 1. The quantitative estimate of drug-likeness (QED) is 0.538. The third-order valence-corrected chi connectivity index (χ3v) is 10.1. The van der Waals surface area contributed by atoms with E-state index >= 15 is 0 Å². The van der Waals surface area contributed by atoms with Crippen molar-refractivity contribution < 1.29 is 19.8 Å². The predicted molar refractivity (Wildman–Crippen MR) is 133 cm³/mol. The van der Waals surface area contributed by atoms with Gasteiger partial charge in [-0.3, -0.25) is 4.79 Å². The van der Waals surface area contributed by atoms with Gasteiger partial charge in [-0.05, 0) is 87.0 Å². The van der Waals surface area contributed by atoms with Crippen molar-refractivity contribution in [3.05, 3.63) is 41.6 Å². The molecule has 8 heteroatoms. The largest absolute Gasteiger partial charge is 0.478 e. The molecule has 1 heterocycles. The van der Waals surface area contributed by atoms with E-state index in [0.29, 0.717) is 28.6 Å². The number of amides is 1. The van der Waals surface area contributed by atoms with Gasteiger partial charge in [-0.2, -0.15) is 5.10 Å². The zero-order valence-corrected chi connectivity index (χ0v) is 20.7. The fourth-order valence-electron chi connectivity index (χ4n) is 7.32. The van der Waals surface area contributed by atoms with Gasteiger partial charge in [0, 0.05) is 11.3 Å². The van der Waals surface area contributed by atoms with Crippen LogP contribution in [0.1, 0.15) is 84.9 Å². The highest BCUT2D eigenvalue weighted by atomic mass is 32.2. The molecule has 1 aromatic heterocycles. The Morgan fingerprint density at radius 3 is 2.34 bits per heavy atom. The topological polar surface area (TPSA) is 104 Å². The Bertz CT molecular complexity index is 1110. The lowest BCUT2D eigenvalue weighted by Gasteiger charge is -2.58. The summed E-state index contributed by atoms with van der Waals surface area (Å²) in [7, 11) is 0. The van der Waals surface area contributed by atoms with Crippen LogP contribution < -0.4 is 5.32 Å². The van der Waals surface area contributed by atoms with Crippen LogP contribution in [0.3, 0.4) is 0 Å². The predicted octanol–water partition coefficient (Wildman–Crippen LogP) is 4.66. The lowest BCUT2D eigenvalue weighted by molar-refractivity contribution is -0.136. The summed E-state index contributed by atoms with van der Waals surface area (Å²) < 4.78 is 1.79. The SMILES string of the molecule is O=C(O)c1ccc(-n2ncc(C(=O)N[C@H]3C4CC5CC3C[C@@](O)(C5)C4)c2SC2CCCCC2)cc1. The molecule has 1 aromatic carbocycles. The monoisotopic (exact) mass is 495 g/mol. The fourth-order valence-corrected chi connectivity index (χ4v) is 8.73. The van der Waals surface area contributed by atoms with Crippen LogP contribution in [0.5, 0.6) is 0 Å². The smallest absolute Gasteiger partial charge is 0.335 e. The number of aromatic carboxylic acids is 1. The van der Waals surface area contributed by atoms with Crippen molar-refractivity contribution in [3.8, 4) is 5.69 Å². The lowest BCUT2D eigenvalue weighted by Crippen LogP contribution is -2.61. The molecular weight excluding hydrogens is 462 g/mol. The van der Waals surface area contributed by atoms with Gasteiger partial charge in [0.25, 0.3) is 5.91 Å². The second kappa shape index (κ2) is 8.96. The number of aromatic nitrogens is 2. The maximum absolute atomic E-state index is 13.6. The van der Waals surface area contributed by atoms with Gasteiger partial charge >= 0.3 is 5.97 Å². The second-order valence-corrected chi connectivity index (χ2v) is 12.5. The molecule has 186 valence electrons. The molecule has 4 bridgehead atoms. The molecule has 5 aliphatic carbocycles. The van der Waals surface area contributed by atoms with E-state index in [1.165, 1.54) is 19.3 Å². The molecule has 2 atom stereocenters. The molecule has 0 spiro atoms. The van der Waals surface area contributed by atoms with Crippen molar-refractivity contribution in [1.82, 2.24) is 15.1 Å². The Hall–Kier alpha value is -2.32. The molecule has 5 saturated carbocycles. The molecule has 7 rings (SSSR count). The van der Waals surface area contributed by atoms with E-state index in [-0.39, 0.29) is 17.5 Å². The third kappa shape index (κ3) is 4.40. The molecule has 1 amide bonds. The van der Waals surface area contributed by atoms with Gasteiger partial charge in [0.05, 0.1) is 28.6 Å². The van der Waals surface area contributed by atoms with E-state index in [0.717, 1.165) is 55.7 Å². The summed E-state index contributed by atoms with van der Waals surface area (Å²) in [6.45, 7) is 0. The first-order chi connectivity index (χ1) is 16.9. The molecule has 5 fully saturated rings. The number of carbonyl (C=O) groups is 2. The van der Waals surface area contributed by atoms with Crippen molar-refractivity contribution in [2.45, 2.75) is 86.1 Å². The number of aliphatic hydroxyl groups is 1. The van der Waals surface area contributed by atoms with Crippen LogP contribution in [-0.4, -0.2) is 48.8 Å². The maximum atomic E-state index is 13.6. The normalized spacial score (nSPS) is 32.0. The standard InChI is InChI=1S/C27H33N3O4S/c31-24(29-23-18-10-16-11-19(23)14-27(34,12-16)13-18)22-15-28-30(20-8-6-17(7-9-20)26(32)33)25(22)35-21-4-2-1-3-5-21/h6-9,15-16,18-19,21,23,34H,1-5,10-14H2,(H,29,31)(H,32,33)/t16?,18?,19?,23-,27+. The summed E-state index contributed by atoms with van der Waals surface area (Å²) in [6, 6.07) is 6.77. The lowest BCUT2D eigenvalue weighted by atomic mass is 9.52. The summed E-state index contributed by atoms with van der Waals surface area (Å²) in [5.74, 6) is 0.251. The first kappa shape index (κ1) is 23.1. The van der Waals surface area contributed by atoms with Crippen LogP contribution in [0.25, 0.3) is 5.69 Å². The second-order valence-electron chi connectivity index (χ2n) is 11.2. The average Bonchev–Trinajstić information content (AvgIpc) is 3.24. The highest BCUT2D eigenvalue weighted by Crippen LogP contribution is 2.55. The number of rotatable bonds is 6. The van der Waals surface area contributed by atoms with Gasteiger partial charge in [-0.25, -0.2) is 9.48 Å². The minimum atomic E-state index is -0.964. The Kier molecular flexibility index (Phi) is 5.92. The summed E-state index contributed by atoms with van der Waals surface area (Å²) in [5.41, 5.74) is 1.05. The highest BCUT2D eigenvalue weighted by Gasteiger charge is 2.55. The van der Waals surface area contributed by atoms with Gasteiger partial charge in [0.15, 0.2) is 0 Å². The Labute approximate surface area is 209 Å². The Morgan fingerprint density at radius 2 is 1.71 bits per heavy atom. The summed E-state index contributed by atoms with van der Waals surface area (Å²) in [6.07, 6.45) is 12.3. The number of hydrogen-bond acceptors (Lipinski definition) is 5. The van der Waals surface area contributed by atoms with Crippen molar-refractivity contribution in [1.29, 1.82) is 0 Å². The summed E-state index contributed by atoms with van der Waals surface area (Å²) in [5, 5.41) is 29.4. The van der Waals surface area contributed by atoms with Crippen LogP contribution in [-0.2, 0) is 0 Å². The van der Waals surface area contributed by atoms with Crippen molar-refractivity contribution >= 4 is 23.6 Å². The third-order valence-electron chi connectivity index (χ3n) is 8.70. The number of carbonyl (C=O) groups excluding carboxylic acids is 1. The molecule has 5 aliphatic rings. The molecule has 0 aliphatic heterocycles. The first-order valence-electron chi connectivity index (χ1n) is 13.0. The van der Waals surface area contributed by atoms with Crippen molar-refractivity contribution in [2.24, 2.45) is 17.8 Å². The fraction of sp³-hybridized carbons (Fsp3) is 0.593. The number of hydrogen-bond donors (Lipinski definition) is 3. The first-order valence-corrected chi connectivity index (χ1v) is 13.9. The number of carboxylic acid groups (broad SMARTS) is 1. The number of carboxylic acids is 1. The minimum Gasteiger partial charge on any atom is -0.478 e. The molecule has 0 radical (unpaired) electrons. The van der Waals surface area contributed by atoms with E-state index in [2.05, 4.69) is 10.4 Å². The van der Waals surface area contributed by atoms with E-state index in [1.807, 2.05) is 0 Å². The Balaban J connectivity index is 1.28. The number of nitrogens with one attached hydrogen (secondary N) is 1. The molecule has 2 unspecified atom stereocenters. The van der Waals surface area contributed by atoms with Crippen LogP contribution >= 0.6 is 11.8 Å². The van der Waals surface area contributed by atoms with E-state index in [1.54, 1.807) is 46.9 Å². The van der Waals surface area contributed by atoms with Gasteiger partial charge in [0.2, 0.25) is 0 Å². The van der Waals surface area contributed by atoms with Crippen LogP contribution in [0, 0.1) is 17.8 Å². The molecule has 3 N–H and O–H groups in total. The molecule has 35 heavy (non-hydrogen) atoms. The van der Waals surface area contributed by atoms with E-state index < -0.39 is 11.6 Å². The molecule has 7 nitrogen and oxygen atoms in total. The van der Waals surface area contributed by atoms with Crippen LogP contribution in [0.15, 0.2) is 35.5 Å². The molecule has 0 saturated heterocycles. The van der Waals surface area contributed by atoms with Crippen molar-refractivity contribution in [3.63, 3.8) is 0 Å². The van der Waals surface area contributed by atoms with Crippen LogP contribution in [0.2, 0.25) is 0 Å². The Morgan fingerprint density at radius 1 is 1.03 bits per heavy atom. The zero-order chi connectivity index (χ0) is 24.2. The van der Waals surface area contributed by atoms with E-state index in [4.69, 9.17) is 0 Å². The van der Waals surface area contributed by atoms with Crippen molar-refractivity contribution in [2.75, 3.05) is 0 Å². The number of nitrogens with zero attached hydrogens (tertiary/aromatic N) is 2. The van der Waals surface area contributed by atoms with Gasteiger partial charge in [-0.1, -0.05) is 19.3 Å².